The van der Waals surface area contributed by atoms with Gasteiger partial charge in [0.15, 0.2) is 5.92 Å². The van der Waals surface area contributed by atoms with Gasteiger partial charge in [0.25, 0.3) is 0 Å². The fourth-order valence-electron chi connectivity index (χ4n) is 1.59. The molecule has 0 spiro atoms. The molecular weight excluding hydrogens is 198 g/mol. The molecule has 1 fully saturated rings. The lowest BCUT2D eigenvalue weighted by atomic mass is 9.76. The van der Waals surface area contributed by atoms with Crippen LogP contribution in [0.15, 0.2) is 0 Å². The summed E-state index contributed by atoms with van der Waals surface area (Å²) in [4.78, 5) is 20.8. The minimum Gasteiger partial charge on any atom is -0.481 e. The van der Waals surface area contributed by atoms with Gasteiger partial charge in [0.2, 0.25) is 5.92 Å². The molecule has 0 aromatic heterocycles. The first kappa shape index (κ1) is 10.9. The molecule has 0 aromatic rings. The van der Waals surface area contributed by atoms with Gasteiger partial charge in [-0.05, 0) is 12.3 Å². The highest BCUT2D eigenvalue weighted by Crippen LogP contribution is 2.45. The third-order valence-corrected chi connectivity index (χ3v) is 2.34. The zero-order valence-electron chi connectivity index (χ0n) is 7.24. The Morgan fingerprint density at radius 1 is 1.29 bits per heavy atom. The summed E-state index contributed by atoms with van der Waals surface area (Å²) >= 11 is 0. The van der Waals surface area contributed by atoms with Crippen LogP contribution >= 0.6 is 0 Å². The summed E-state index contributed by atoms with van der Waals surface area (Å²) < 4.78 is 24.7. The predicted octanol–water partition coefficient (Wildman–Crippen LogP) is 1.21. The topological polar surface area (TPSA) is 74.6 Å². The largest absolute Gasteiger partial charge is 0.481 e. The highest BCUT2D eigenvalue weighted by atomic mass is 19.3. The van der Waals surface area contributed by atoms with Crippen LogP contribution in [0.4, 0.5) is 8.78 Å². The molecule has 0 unspecified atom stereocenters. The van der Waals surface area contributed by atoms with Crippen molar-refractivity contribution in [2.24, 2.45) is 11.8 Å². The zero-order valence-corrected chi connectivity index (χ0v) is 7.24. The molecular formula is C8H10F2O4. The van der Waals surface area contributed by atoms with E-state index >= 15 is 0 Å². The molecule has 0 radical (unpaired) electrons. The Hall–Kier alpha value is -1.20. The summed E-state index contributed by atoms with van der Waals surface area (Å²) in [6.45, 7) is 0. The third kappa shape index (κ3) is 2.40. The Bertz CT molecular complexity index is 242. The smallest absolute Gasteiger partial charge is 0.317 e. The summed E-state index contributed by atoms with van der Waals surface area (Å²) in [5.74, 6) is -7.70. The molecule has 1 aliphatic carbocycles. The summed E-state index contributed by atoms with van der Waals surface area (Å²) in [5.41, 5.74) is 0. The molecule has 6 heteroatoms. The van der Waals surface area contributed by atoms with Gasteiger partial charge in [-0.3, -0.25) is 9.59 Å². The highest BCUT2D eigenvalue weighted by Gasteiger charge is 2.47. The van der Waals surface area contributed by atoms with Crippen LogP contribution in [0.25, 0.3) is 0 Å². The lowest BCUT2D eigenvalue weighted by Crippen LogP contribution is -2.38. The highest BCUT2D eigenvalue weighted by molar-refractivity contribution is 5.92. The molecule has 1 saturated carbocycles. The lowest BCUT2D eigenvalue weighted by Gasteiger charge is -2.35. The van der Waals surface area contributed by atoms with Crippen molar-refractivity contribution in [3.63, 3.8) is 0 Å². The Morgan fingerprint density at radius 3 is 2.00 bits per heavy atom. The number of carboxylic acids is 2. The van der Waals surface area contributed by atoms with E-state index in [1.807, 2.05) is 0 Å². The van der Waals surface area contributed by atoms with E-state index in [-0.39, 0.29) is 6.42 Å². The van der Waals surface area contributed by atoms with Crippen LogP contribution in [-0.2, 0) is 9.59 Å². The van der Waals surface area contributed by atoms with Gasteiger partial charge >= 0.3 is 11.9 Å². The van der Waals surface area contributed by atoms with Gasteiger partial charge in [-0.25, -0.2) is 8.78 Å². The number of halogens is 2. The van der Waals surface area contributed by atoms with Gasteiger partial charge < -0.3 is 10.2 Å². The second-order valence-corrected chi connectivity index (χ2v) is 3.59. The van der Waals surface area contributed by atoms with Crippen molar-refractivity contribution in [1.29, 1.82) is 0 Å². The summed E-state index contributed by atoms with van der Waals surface area (Å²) in [7, 11) is 0. The van der Waals surface area contributed by atoms with Gasteiger partial charge in [-0.1, -0.05) is 0 Å². The van der Waals surface area contributed by atoms with Crippen LogP contribution in [0, 0.1) is 11.8 Å². The van der Waals surface area contributed by atoms with E-state index in [9.17, 15) is 18.4 Å². The van der Waals surface area contributed by atoms with E-state index in [1.54, 1.807) is 0 Å². The number of rotatable bonds is 4. The molecule has 0 heterocycles. The monoisotopic (exact) mass is 208 g/mol. The first-order chi connectivity index (χ1) is 6.32. The van der Waals surface area contributed by atoms with Crippen molar-refractivity contribution in [2.75, 3.05) is 0 Å². The maximum Gasteiger partial charge on any atom is 0.317 e. The minimum atomic E-state index is -2.73. The minimum absolute atomic E-state index is 0.208. The van der Waals surface area contributed by atoms with Crippen molar-refractivity contribution in [3.05, 3.63) is 0 Å². The molecule has 2 N–H and O–H groups in total. The van der Waals surface area contributed by atoms with Crippen LogP contribution in [-0.4, -0.2) is 28.1 Å². The standard InChI is InChI=1S/C8H10F2O4/c9-8(10)2-4(3-8)1-5(6(11)12)7(13)14/h4-5H,1-3H2,(H,11,12)(H,13,14). The Balaban J connectivity index is 2.43. The normalized spacial score (nSPS) is 20.5. The van der Waals surface area contributed by atoms with Crippen LogP contribution in [0.5, 0.6) is 0 Å². The number of aliphatic carboxylic acids is 2. The molecule has 80 valence electrons. The first-order valence-electron chi connectivity index (χ1n) is 4.15. The summed E-state index contributed by atoms with van der Waals surface area (Å²) in [6.07, 6.45) is -1.01. The quantitative estimate of drug-likeness (QED) is 0.681. The van der Waals surface area contributed by atoms with E-state index in [1.165, 1.54) is 0 Å². The number of hydrogen-bond acceptors (Lipinski definition) is 2. The maximum absolute atomic E-state index is 12.3. The second kappa shape index (κ2) is 3.51. The third-order valence-electron chi connectivity index (χ3n) is 2.34. The predicted molar refractivity (Wildman–Crippen MR) is 41.0 cm³/mol. The van der Waals surface area contributed by atoms with Gasteiger partial charge in [0, 0.05) is 12.8 Å². The molecule has 0 aromatic carbocycles. The first-order valence-corrected chi connectivity index (χ1v) is 4.15. The van der Waals surface area contributed by atoms with E-state index in [2.05, 4.69) is 0 Å². The summed E-state index contributed by atoms with van der Waals surface area (Å²) in [5, 5.41) is 16.9. The van der Waals surface area contributed by atoms with Crippen molar-refractivity contribution in [3.8, 4) is 0 Å². The average Bonchev–Trinajstić information content (AvgIpc) is 1.94. The lowest BCUT2D eigenvalue weighted by molar-refractivity contribution is -0.160. The molecule has 0 atom stereocenters. The fourth-order valence-corrected chi connectivity index (χ4v) is 1.59. The fraction of sp³-hybridized carbons (Fsp3) is 0.750. The Kier molecular flexibility index (Phi) is 2.73. The van der Waals surface area contributed by atoms with Crippen molar-refractivity contribution in [1.82, 2.24) is 0 Å². The van der Waals surface area contributed by atoms with Gasteiger partial charge in [0.05, 0.1) is 0 Å². The summed E-state index contributed by atoms with van der Waals surface area (Å²) in [6, 6.07) is 0. The van der Waals surface area contributed by atoms with Crippen molar-refractivity contribution < 1.29 is 28.6 Å². The van der Waals surface area contributed by atoms with Crippen molar-refractivity contribution in [2.45, 2.75) is 25.2 Å². The second-order valence-electron chi connectivity index (χ2n) is 3.59. The number of hydrogen-bond donors (Lipinski definition) is 2. The van der Waals surface area contributed by atoms with Gasteiger partial charge in [0.1, 0.15) is 0 Å². The molecule has 14 heavy (non-hydrogen) atoms. The molecule has 0 saturated heterocycles. The van der Waals surface area contributed by atoms with Crippen LogP contribution < -0.4 is 0 Å². The molecule has 0 bridgehead atoms. The average molecular weight is 208 g/mol. The van der Waals surface area contributed by atoms with Crippen LogP contribution in [0.2, 0.25) is 0 Å². The SMILES string of the molecule is O=C(O)C(CC1CC(F)(F)C1)C(=O)O. The van der Waals surface area contributed by atoms with E-state index in [4.69, 9.17) is 10.2 Å². The van der Waals surface area contributed by atoms with Crippen LogP contribution in [0.1, 0.15) is 19.3 Å². The number of alkyl halides is 2. The molecule has 0 amide bonds. The number of carboxylic acid groups (broad SMARTS) is 2. The molecule has 4 nitrogen and oxygen atoms in total. The van der Waals surface area contributed by atoms with Crippen LogP contribution in [0.3, 0.4) is 0 Å². The maximum atomic E-state index is 12.3. The Labute approximate surface area is 78.5 Å². The van der Waals surface area contributed by atoms with E-state index in [0.29, 0.717) is 0 Å². The van der Waals surface area contributed by atoms with Crippen molar-refractivity contribution >= 4 is 11.9 Å². The van der Waals surface area contributed by atoms with E-state index in [0.717, 1.165) is 0 Å². The van der Waals surface area contributed by atoms with Gasteiger partial charge in [-0.15, -0.1) is 0 Å². The zero-order chi connectivity index (χ0) is 10.9. The Morgan fingerprint density at radius 2 is 1.71 bits per heavy atom. The van der Waals surface area contributed by atoms with E-state index < -0.39 is 42.5 Å². The molecule has 1 aliphatic rings. The molecule has 1 rings (SSSR count). The van der Waals surface area contributed by atoms with Gasteiger partial charge in [-0.2, -0.15) is 0 Å². The molecule has 0 aliphatic heterocycles. The number of carbonyl (C=O) groups is 2.